The summed E-state index contributed by atoms with van der Waals surface area (Å²) < 4.78 is 0. The number of fused-ring (bicyclic) bond motifs is 1. The van der Waals surface area contributed by atoms with Crippen molar-refractivity contribution in [3.05, 3.63) is 75.0 Å². The summed E-state index contributed by atoms with van der Waals surface area (Å²) in [4.78, 5) is 28.4. The van der Waals surface area contributed by atoms with E-state index in [0.717, 1.165) is 27.7 Å². The number of hydrogen-bond donors (Lipinski definition) is 1. The van der Waals surface area contributed by atoms with Gasteiger partial charge in [-0.25, -0.2) is 0 Å². The largest absolute Gasteiger partial charge is 0.358 e. The van der Waals surface area contributed by atoms with Gasteiger partial charge in [0.25, 0.3) is 11.6 Å². The third kappa shape index (κ3) is 3.06. The molecule has 0 radical (unpaired) electrons. The quantitative estimate of drug-likeness (QED) is 0.554. The number of benzene rings is 2. The Bertz CT molecular complexity index is 1010. The SMILES string of the molecule is Cc1[nH]c2ccc(C(=O)N(C)C(C)c3cccc([N+](=O)[O-])c3)cc2c1C. The highest BCUT2D eigenvalue weighted by Gasteiger charge is 2.21. The average molecular weight is 351 g/mol. The molecule has 3 aromatic rings. The normalized spacial score (nSPS) is 12.2. The molecule has 0 saturated carbocycles. The molecule has 1 unspecified atom stereocenters. The van der Waals surface area contributed by atoms with Crippen molar-refractivity contribution in [2.24, 2.45) is 0 Å². The van der Waals surface area contributed by atoms with E-state index in [1.807, 2.05) is 32.9 Å². The van der Waals surface area contributed by atoms with Crippen LogP contribution in [0.15, 0.2) is 42.5 Å². The summed E-state index contributed by atoms with van der Waals surface area (Å²) in [6.07, 6.45) is 0. The maximum atomic E-state index is 12.9. The maximum Gasteiger partial charge on any atom is 0.269 e. The first-order valence-corrected chi connectivity index (χ1v) is 8.40. The van der Waals surface area contributed by atoms with Gasteiger partial charge in [-0.2, -0.15) is 0 Å². The minimum atomic E-state index is -0.428. The summed E-state index contributed by atoms with van der Waals surface area (Å²) in [6, 6.07) is 11.7. The first kappa shape index (κ1) is 17.7. The van der Waals surface area contributed by atoms with Crippen molar-refractivity contribution in [1.82, 2.24) is 9.88 Å². The van der Waals surface area contributed by atoms with E-state index in [4.69, 9.17) is 0 Å². The van der Waals surface area contributed by atoms with Crippen LogP contribution in [0.5, 0.6) is 0 Å². The molecular weight excluding hydrogens is 330 g/mol. The lowest BCUT2D eigenvalue weighted by molar-refractivity contribution is -0.384. The molecule has 0 fully saturated rings. The number of aromatic amines is 1. The van der Waals surface area contributed by atoms with Gasteiger partial charge < -0.3 is 9.88 Å². The van der Waals surface area contributed by atoms with E-state index in [-0.39, 0.29) is 17.6 Å². The topological polar surface area (TPSA) is 79.2 Å². The highest BCUT2D eigenvalue weighted by molar-refractivity contribution is 5.99. The molecule has 1 aromatic heterocycles. The monoisotopic (exact) mass is 351 g/mol. The number of aromatic nitrogens is 1. The summed E-state index contributed by atoms with van der Waals surface area (Å²) in [5.41, 5.74) is 4.57. The molecule has 0 bridgehead atoms. The highest BCUT2D eigenvalue weighted by Crippen LogP contribution is 2.26. The molecule has 3 rings (SSSR count). The van der Waals surface area contributed by atoms with E-state index in [1.165, 1.54) is 12.1 Å². The number of nitrogens with zero attached hydrogens (tertiary/aromatic N) is 2. The zero-order valence-corrected chi connectivity index (χ0v) is 15.2. The molecule has 0 aliphatic carbocycles. The smallest absolute Gasteiger partial charge is 0.269 e. The summed E-state index contributed by atoms with van der Waals surface area (Å²) >= 11 is 0. The number of amides is 1. The number of carbonyl (C=O) groups is 1. The van der Waals surface area contributed by atoms with Crippen molar-refractivity contribution in [2.45, 2.75) is 26.8 Å². The minimum Gasteiger partial charge on any atom is -0.358 e. The van der Waals surface area contributed by atoms with Gasteiger partial charge >= 0.3 is 0 Å². The predicted octanol–water partition coefficient (Wildman–Crippen LogP) is 4.53. The lowest BCUT2D eigenvalue weighted by atomic mass is 10.0. The lowest BCUT2D eigenvalue weighted by Crippen LogP contribution is -2.29. The van der Waals surface area contributed by atoms with E-state index >= 15 is 0 Å². The summed E-state index contributed by atoms with van der Waals surface area (Å²) in [5.74, 6) is -0.121. The molecule has 1 atom stereocenters. The molecule has 1 N–H and O–H groups in total. The lowest BCUT2D eigenvalue weighted by Gasteiger charge is -2.25. The molecule has 26 heavy (non-hydrogen) atoms. The molecule has 1 heterocycles. The van der Waals surface area contributed by atoms with Gasteiger partial charge in [0.05, 0.1) is 11.0 Å². The molecule has 6 nitrogen and oxygen atoms in total. The van der Waals surface area contributed by atoms with Crippen LogP contribution in [-0.2, 0) is 0 Å². The number of rotatable bonds is 4. The Balaban J connectivity index is 1.90. The Hall–Kier alpha value is -3.15. The first-order valence-electron chi connectivity index (χ1n) is 8.40. The number of aryl methyl sites for hydroxylation is 2. The van der Waals surface area contributed by atoms with Gasteiger partial charge in [0, 0.05) is 41.3 Å². The van der Waals surface area contributed by atoms with Crippen molar-refractivity contribution in [2.75, 3.05) is 7.05 Å². The fourth-order valence-electron chi connectivity index (χ4n) is 3.10. The number of nitrogens with one attached hydrogen (secondary N) is 1. The average Bonchev–Trinajstić information content (AvgIpc) is 2.93. The van der Waals surface area contributed by atoms with E-state index in [2.05, 4.69) is 4.98 Å². The van der Waals surface area contributed by atoms with Crippen LogP contribution in [0.2, 0.25) is 0 Å². The molecular formula is C20H21N3O3. The molecule has 0 aliphatic heterocycles. The summed E-state index contributed by atoms with van der Waals surface area (Å²) in [7, 11) is 1.71. The van der Waals surface area contributed by atoms with Gasteiger partial charge in [0.15, 0.2) is 0 Å². The van der Waals surface area contributed by atoms with Crippen molar-refractivity contribution >= 4 is 22.5 Å². The van der Waals surface area contributed by atoms with Gasteiger partial charge in [-0.3, -0.25) is 14.9 Å². The van der Waals surface area contributed by atoms with Crippen LogP contribution in [0.3, 0.4) is 0 Å². The Labute approximate surface area is 151 Å². The van der Waals surface area contributed by atoms with Crippen molar-refractivity contribution < 1.29 is 9.72 Å². The van der Waals surface area contributed by atoms with E-state index in [1.54, 1.807) is 30.1 Å². The van der Waals surface area contributed by atoms with Crippen LogP contribution in [0, 0.1) is 24.0 Å². The molecule has 0 aliphatic rings. The molecule has 1 amide bonds. The Morgan fingerprint density at radius 2 is 1.92 bits per heavy atom. The molecule has 0 spiro atoms. The number of non-ortho nitro benzene ring substituents is 1. The van der Waals surface area contributed by atoms with Gasteiger partial charge in [-0.05, 0) is 50.1 Å². The minimum absolute atomic E-state index is 0.0232. The number of nitro groups is 1. The zero-order valence-electron chi connectivity index (χ0n) is 15.2. The fraction of sp³-hybridized carbons (Fsp3) is 0.250. The standard InChI is InChI=1S/C20H21N3O3/c1-12-13(2)21-19-9-8-16(11-18(12)19)20(24)22(4)14(3)15-6-5-7-17(10-15)23(25)26/h5-11,14,21H,1-4H3. The number of nitro benzene ring substituents is 1. The van der Waals surface area contributed by atoms with Crippen LogP contribution < -0.4 is 0 Å². The fourth-order valence-corrected chi connectivity index (χ4v) is 3.10. The Morgan fingerprint density at radius 3 is 2.62 bits per heavy atom. The maximum absolute atomic E-state index is 12.9. The van der Waals surface area contributed by atoms with Crippen LogP contribution in [-0.4, -0.2) is 27.8 Å². The Morgan fingerprint density at radius 1 is 1.19 bits per heavy atom. The van der Waals surface area contributed by atoms with Crippen molar-refractivity contribution in [1.29, 1.82) is 0 Å². The van der Waals surface area contributed by atoms with Crippen molar-refractivity contribution in [3.8, 4) is 0 Å². The van der Waals surface area contributed by atoms with E-state index in [9.17, 15) is 14.9 Å². The highest BCUT2D eigenvalue weighted by atomic mass is 16.6. The molecule has 6 heteroatoms. The summed E-state index contributed by atoms with van der Waals surface area (Å²) in [5, 5.41) is 12.0. The van der Waals surface area contributed by atoms with Crippen LogP contribution in [0.4, 0.5) is 5.69 Å². The second kappa shape index (κ2) is 6.63. The number of carbonyl (C=O) groups excluding carboxylic acids is 1. The summed E-state index contributed by atoms with van der Waals surface area (Å²) in [6.45, 7) is 5.90. The van der Waals surface area contributed by atoms with Crippen molar-refractivity contribution in [3.63, 3.8) is 0 Å². The number of hydrogen-bond acceptors (Lipinski definition) is 3. The molecule has 0 saturated heterocycles. The van der Waals surface area contributed by atoms with Gasteiger partial charge in [0.1, 0.15) is 0 Å². The first-order chi connectivity index (χ1) is 12.3. The molecule has 134 valence electrons. The zero-order chi connectivity index (χ0) is 19.0. The van der Waals surface area contributed by atoms with Crippen LogP contribution in [0.1, 0.15) is 40.1 Å². The van der Waals surface area contributed by atoms with E-state index in [0.29, 0.717) is 5.56 Å². The predicted molar refractivity (Wildman–Crippen MR) is 101 cm³/mol. The van der Waals surface area contributed by atoms with Gasteiger partial charge in [-0.1, -0.05) is 12.1 Å². The number of H-pyrrole nitrogens is 1. The van der Waals surface area contributed by atoms with Gasteiger partial charge in [0.2, 0.25) is 0 Å². The third-order valence-corrected chi connectivity index (χ3v) is 5.02. The second-order valence-electron chi connectivity index (χ2n) is 6.58. The molecule has 2 aromatic carbocycles. The Kier molecular flexibility index (Phi) is 4.50. The van der Waals surface area contributed by atoms with Crippen LogP contribution >= 0.6 is 0 Å². The van der Waals surface area contributed by atoms with E-state index < -0.39 is 4.92 Å². The van der Waals surface area contributed by atoms with Crippen LogP contribution in [0.25, 0.3) is 10.9 Å². The second-order valence-corrected chi connectivity index (χ2v) is 6.58. The third-order valence-electron chi connectivity index (χ3n) is 5.02. The van der Waals surface area contributed by atoms with Gasteiger partial charge in [-0.15, -0.1) is 0 Å².